The van der Waals surface area contributed by atoms with Crippen molar-refractivity contribution in [1.29, 1.82) is 0 Å². The number of β-amino-alcohol motifs (C(OH)–C–C–N with tert-alkyl or cyclic N) is 1. The highest BCUT2D eigenvalue weighted by molar-refractivity contribution is 4.92. The fourth-order valence-electron chi connectivity index (χ4n) is 2.78. The summed E-state index contributed by atoms with van der Waals surface area (Å²) in [5.74, 6) is 0.360. The molecule has 2 fully saturated rings. The van der Waals surface area contributed by atoms with Crippen LogP contribution in [0.4, 0.5) is 0 Å². The van der Waals surface area contributed by atoms with E-state index in [1.54, 1.807) is 0 Å². The maximum absolute atomic E-state index is 10.5. The number of ether oxygens (including phenoxy) is 1. The Morgan fingerprint density at radius 3 is 2.93 bits per heavy atom. The van der Waals surface area contributed by atoms with E-state index in [1.807, 2.05) is 0 Å². The zero-order valence-electron chi connectivity index (χ0n) is 9.04. The zero-order chi connectivity index (χ0) is 10.0. The van der Waals surface area contributed by atoms with Gasteiger partial charge in [0, 0.05) is 19.1 Å². The maximum atomic E-state index is 10.5. The van der Waals surface area contributed by atoms with Crippen molar-refractivity contribution in [2.75, 3.05) is 33.4 Å². The van der Waals surface area contributed by atoms with Crippen LogP contribution in [0.2, 0.25) is 0 Å². The molecule has 82 valence electrons. The smallest absolute Gasteiger partial charge is 0.0824 e. The molecule has 2 rings (SSSR count). The molecule has 2 heterocycles. The minimum atomic E-state index is -0.479. The van der Waals surface area contributed by atoms with Crippen LogP contribution in [0.5, 0.6) is 0 Å². The van der Waals surface area contributed by atoms with Gasteiger partial charge in [-0.05, 0) is 39.3 Å². The van der Waals surface area contributed by atoms with E-state index in [9.17, 15) is 5.11 Å². The van der Waals surface area contributed by atoms with Gasteiger partial charge in [-0.2, -0.15) is 0 Å². The van der Waals surface area contributed by atoms with Crippen molar-refractivity contribution < 1.29 is 9.84 Å². The number of hydrogen-bond donors (Lipinski definition) is 1. The molecule has 2 atom stereocenters. The van der Waals surface area contributed by atoms with Crippen LogP contribution in [0.1, 0.15) is 25.7 Å². The monoisotopic (exact) mass is 199 g/mol. The van der Waals surface area contributed by atoms with Gasteiger partial charge < -0.3 is 14.7 Å². The van der Waals surface area contributed by atoms with E-state index in [2.05, 4.69) is 11.9 Å². The second kappa shape index (κ2) is 4.17. The van der Waals surface area contributed by atoms with E-state index in [-0.39, 0.29) is 0 Å². The van der Waals surface area contributed by atoms with E-state index in [1.165, 1.54) is 0 Å². The predicted octanol–water partition coefficient (Wildman–Crippen LogP) is 0.870. The molecule has 3 heteroatoms. The molecule has 0 amide bonds. The molecule has 3 nitrogen and oxygen atoms in total. The van der Waals surface area contributed by atoms with Crippen LogP contribution in [0.15, 0.2) is 0 Å². The summed E-state index contributed by atoms with van der Waals surface area (Å²) in [6, 6.07) is 0. The summed E-state index contributed by atoms with van der Waals surface area (Å²) in [6.07, 6.45) is 4.30. The number of hydrogen-bond acceptors (Lipinski definition) is 3. The third kappa shape index (κ3) is 2.10. The lowest BCUT2D eigenvalue weighted by Gasteiger charge is -2.44. The summed E-state index contributed by atoms with van der Waals surface area (Å²) in [4.78, 5) is 2.23. The highest BCUT2D eigenvalue weighted by atomic mass is 16.5. The first-order valence-corrected chi connectivity index (χ1v) is 5.69. The maximum Gasteiger partial charge on any atom is 0.0824 e. The Balaban J connectivity index is 1.98. The van der Waals surface area contributed by atoms with Crippen molar-refractivity contribution in [3.8, 4) is 0 Å². The van der Waals surface area contributed by atoms with E-state index >= 15 is 0 Å². The Bertz CT molecular complexity index is 192. The SMILES string of the molecule is CN1CCCC(O)(C2CCCOC2)C1. The van der Waals surface area contributed by atoms with Crippen LogP contribution in [0, 0.1) is 5.92 Å². The second-order valence-electron chi connectivity index (χ2n) is 4.86. The van der Waals surface area contributed by atoms with Crippen molar-refractivity contribution in [1.82, 2.24) is 4.90 Å². The van der Waals surface area contributed by atoms with E-state index < -0.39 is 5.60 Å². The molecule has 0 aromatic heterocycles. The van der Waals surface area contributed by atoms with Crippen LogP contribution in [-0.4, -0.2) is 49.0 Å². The molecule has 0 aromatic rings. The number of likely N-dealkylation sites (N-methyl/N-ethyl adjacent to an activating group) is 1. The second-order valence-corrected chi connectivity index (χ2v) is 4.86. The topological polar surface area (TPSA) is 32.7 Å². The third-order valence-electron chi connectivity index (χ3n) is 3.61. The van der Waals surface area contributed by atoms with Crippen molar-refractivity contribution in [3.63, 3.8) is 0 Å². The average molecular weight is 199 g/mol. The Morgan fingerprint density at radius 2 is 2.29 bits per heavy atom. The number of piperidine rings is 1. The standard InChI is InChI=1S/C11H21NO2/c1-12-6-3-5-11(13,9-12)10-4-2-7-14-8-10/h10,13H,2-9H2,1H3. The highest BCUT2D eigenvalue weighted by Crippen LogP contribution is 2.33. The van der Waals surface area contributed by atoms with E-state index in [4.69, 9.17) is 4.74 Å². The van der Waals surface area contributed by atoms with Gasteiger partial charge in [-0.25, -0.2) is 0 Å². The number of nitrogens with zero attached hydrogens (tertiary/aromatic N) is 1. The lowest BCUT2D eigenvalue weighted by atomic mass is 9.78. The Morgan fingerprint density at radius 1 is 1.43 bits per heavy atom. The molecule has 14 heavy (non-hydrogen) atoms. The summed E-state index contributed by atoms with van der Waals surface area (Å²) >= 11 is 0. The van der Waals surface area contributed by atoms with Crippen LogP contribution < -0.4 is 0 Å². The molecule has 1 N–H and O–H groups in total. The quantitative estimate of drug-likeness (QED) is 0.680. The highest BCUT2D eigenvalue weighted by Gasteiger charge is 2.40. The normalized spacial score (nSPS) is 41.1. The summed E-state index contributed by atoms with van der Waals surface area (Å²) in [5.41, 5.74) is -0.479. The summed E-state index contributed by atoms with van der Waals surface area (Å²) in [5, 5.41) is 10.5. The van der Waals surface area contributed by atoms with Crippen molar-refractivity contribution in [3.05, 3.63) is 0 Å². The molecule has 0 aromatic carbocycles. The van der Waals surface area contributed by atoms with Gasteiger partial charge in [-0.1, -0.05) is 0 Å². The van der Waals surface area contributed by atoms with Gasteiger partial charge in [0.2, 0.25) is 0 Å². The van der Waals surface area contributed by atoms with Gasteiger partial charge in [-0.15, -0.1) is 0 Å². The minimum absolute atomic E-state index is 0.360. The minimum Gasteiger partial charge on any atom is -0.388 e. The average Bonchev–Trinajstić information content (AvgIpc) is 2.19. The van der Waals surface area contributed by atoms with Gasteiger partial charge in [0.15, 0.2) is 0 Å². The van der Waals surface area contributed by atoms with Gasteiger partial charge >= 0.3 is 0 Å². The van der Waals surface area contributed by atoms with Gasteiger partial charge in [-0.3, -0.25) is 0 Å². The zero-order valence-corrected chi connectivity index (χ0v) is 9.04. The number of likely N-dealkylation sites (tertiary alicyclic amines) is 1. The fraction of sp³-hybridized carbons (Fsp3) is 1.00. The molecule has 0 aliphatic carbocycles. The molecule has 2 aliphatic heterocycles. The molecular weight excluding hydrogens is 178 g/mol. The number of rotatable bonds is 1. The molecule has 0 spiro atoms. The van der Waals surface area contributed by atoms with Crippen LogP contribution in [-0.2, 0) is 4.74 Å². The molecule has 2 unspecified atom stereocenters. The Kier molecular flexibility index (Phi) is 3.10. The lowest BCUT2D eigenvalue weighted by Crippen LogP contribution is -2.53. The molecule has 0 bridgehead atoms. The molecule has 2 aliphatic rings. The largest absolute Gasteiger partial charge is 0.388 e. The van der Waals surface area contributed by atoms with Crippen molar-refractivity contribution >= 4 is 0 Å². The van der Waals surface area contributed by atoms with Crippen molar-refractivity contribution in [2.45, 2.75) is 31.3 Å². The third-order valence-corrected chi connectivity index (χ3v) is 3.61. The van der Waals surface area contributed by atoms with Gasteiger partial charge in [0.1, 0.15) is 0 Å². The Labute approximate surface area is 86.0 Å². The first kappa shape index (κ1) is 10.4. The van der Waals surface area contributed by atoms with E-state index in [0.29, 0.717) is 5.92 Å². The van der Waals surface area contributed by atoms with Crippen LogP contribution in [0.3, 0.4) is 0 Å². The summed E-state index contributed by atoms with van der Waals surface area (Å²) < 4.78 is 5.46. The molecule has 2 saturated heterocycles. The lowest BCUT2D eigenvalue weighted by molar-refractivity contribution is -0.110. The number of aliphatic hydroxyl groups is 1. The van der Waals surface area contributed by atoms with Gasteiger partial charge in [0.25, 0.3) is 0 Å². The first-order chi connectivity index (χ1) is 6.71. The first-order valence-electron chi connectivity index (χ1n) is 5.69. The van der Waals surface area contributed by atoms with Gasteiger partial charge in [0.05, 0.1) is 12.2 Å². The summed E-state index contributed by atoms with van der Waals surface area (Å²) in [7, 11) is 2.09. The summed E-state index contributed by atoms with van der Waals surface area (Å²) in [6.45, 7) is 3.57. The van der Waals surface area contributed by atoms with Crippen LogP contribution >= 0.6 is 0 Å². The molecule has 0 radical (unpaired) electrons. The van der Waals surface area contributed by atoms with Crippen LogP contribution in [0.25, 0.3) is 0 Å². The van der Waals surface area contributed by atoms with E-state index in [0.717, 1.165) is 52.0 Å². The molecular formula is C11H21NO2. The predicted molar refractivity (Wildman–Crippen MR) is 55.2 cm³/mol. The van der Waals surface area contributed by atoms with Crippen molar-refractivity contribution in [2.24, 2.45) is 5.92 Å². The Hall–Kier alpha value is -0.120. The molecule has 0 saturated carbocycles. The fourth-order valence-corrected chi connectivity index (χ4v) is 2.78.